The molecule has 0 bridgehead atoms. The molecular formula is C15H33NO6. The van der Waals surface area contributed by atoms with Gasteiger partial charge in [-0.3, -0.25) is 0 Å². The standard InChI is InChI=1S/C15H33NO6/c1-4-7-10-13-17-20-16(21-18-14-11-8-5-2)22-19-15-12-9-6-3/h4-15H2,1-3H3. The van der Waals surface area contributed by atoms with Crippen molar-refractivity contribution in [2.45, 2.75) is 78.6 Å². The molecule has 0 aliphatic rings. The number of rotatable bonds is 18. The molecule has 0 aromatic rings. The van der Waals surface area contributed by atoms with E-state index in [2.05, 4.69) is 20.8 Å². The molecule has 0 atom stereocenters. The minimum atomic E-state index is 0.447. The lowest BCUT2D eigenvalue weighted by atomic mass is 10.3. The van der Waals surface area contributed by atoms with Gasteiger partial charge in [0.05, 0.1) is 19.8 Å². The fraction of sp³-hybridized carbons (Fsp3) is 1.00. The number of unbranched alkanes of at least 4 members (excludes halogenated alkanes) is 6. The van der Waals surface area contributed by atoms with Gasteiger partial charge in [-0.25, -0.2) is 14.7 Å². The topological polar surface area (TPSA) is 58.6 Å². The van der Waals surface area contributed by atoms with Crippen molar-refractivity contribution in [1.29, 1.82) is 0 Å². The van der Waals surface area contributed by atoms with Gasteiger partial charge in [0.1, 0.15) is 0 Å². The van der Waals surface area contributed by atoms with Gasteiger partial charge in [0.25, 0.3) is 0 Å². The van der Waals surface area contributed by atoms with Crippen LogP contribution >= 0.6 is 0 Å². The van der Waals surface area contributed by atoms with Gasteiger partial charge in [-0.15, -0.1) is 0 Å². The molecule has 0 heterocycles. The van der Waals surface area contributed by atoms with Crippen molar-refractivity contribution in [1.82, 2.24) is 5.39 Å². The third kappa shape index (κ3) is 16.1. The Morgan fingerprint density at radius 3 is 1.09 bits per heavy atom. The van der Waals surface area contributed by atoms with Crippen LogP contribution in [0.2, 0.25) is 0 Å². The molecule has 0 saturated heterocycles. The average Bonchev–Trinajstić information content (AvgIpc) is 2.53. The number of nitrogens with zero attached hydrogens (tertiary/aromatic N) is 1. The van der Waals surface area contributed by atoms with Crippen LogP contribution in [0, 0.1) is 0 Å². The van der Waals surface area contributed by atoms with Crippen molar-refractivity contribution in [2.75, 3.05) is 19.8 Å². The molecule has 134 valence electrons. The summed E-state index contributed by atoms with van der Waals surface area (Å²) < 4.78 is 0. The highest BCUT2D eigenvalue weighted by Gasteiger charge is 2.11. The Labute approximate surface area is 134 Å². The van der Waals surface area contributed by atoms with Crippen LogP contribution in [-0.4, -0.2) is 25.2 Å². The zero-order valence-electron chi connectivity index (χ0n) is 14.4. The van der Waals surface area contributed by atoms with Crippen molar-refractivity contribution in [3.8, 4) is 0 Å². The predicted molar refractivity (Wildman–Crippen MR) is 81.5 cm³/mol. The van der Waals surface area contributed by atoms with Crippen molar-refractivity contribution in [3.05, 3.63) is 0 Å². The highest BCUT2D eigenvalue weighted by Crippen LogP contribution is 2.03. The maximum atomic E-state index is 4.97. The van der Waals surface area contributed by atoms with Gasteiger partial charge < -0.3 is 0 Å². The van der Waals surface area contributed by atoms with Gasteiger partial charge in [0.2, 0.25) is 0 Å². The predicted octanol–water partition coefficient (Wildman–Crippen LogP) is 4.45. The molecule has 0 aliphatic heterocycles. The Morgan fingerprint density at radius 1 is 0.500 bits per heavy atom. The highest BCUT2D eigenvalue weighted by atomic mass is 17.6. The van der Waals surface area contributed by atoms with Gasteiger partial charge >= 0.3 is 0 Å². The van der Waals surface area contributed by atoms with Crippen molar-refractivity contribution >= 4 is 0 Å². The molecule has 0 rings (SSSR count). The van der Waals surface area contributed by atoms with Crippen molar-refractivity contribution in [2.24, 2.45) is 0 Å². The van der Waals surface area contributed by atoms with E-state index in [1.165, 1.54) is 0 Å². The Bertz CT molecular complexity index is 175. The van der Waals surface area contributed by atoms with Crippen LogP contribution in [0.5, 0.6) is 0 Å². The Balaban J connectivity index is 3.72. The van der Waals surface area contributed by atoms with E-state index in [1.54, 1.807) is 0 Å². The van der Waals surface area contributed by atoms with Crippen LogP contribution in [0.15, 0.2) is 0 Å². The lowest BCUT2D eigenvalue weighted by Crippen LogP contribution is -2.26. The summed E-state index contributed by atoms with van der Waals surface area (Å²) in [6.45, 7) is 7.70. The maximum Gasteiger partial charge on any atom is 0.166 e. The van der Waals surface area contributed by atoms with Crippen LogP contribution in [0.1, 0.15) is 78.6 Å². The molecule has 7 heteroatoms. The van der Waals surface area contributed by atoms with E-state index in [1.807, 2.05) is 0 Å². The van der Waals surface area contributed by atoms with E-state index < -0.39 is 0 Å². The molecule has 0 aromatic carbocycles. The van der Waals surface area contributed by atoms with E-state index >= 15 is 0 Å². The van der Waals surface area contributed by atoms with Crippen LogP contribution in [0.4, 0.5) is 0 Å². The first-order valence-electron chi connectivity index (χ1n) is 8.54. The average molecular weight is 323 g/mol. The van der Waals surface area contributed by atoms with E-state index in [4.69, 9.17) is 29.6 Å². The quantitative estimate of drug-likeness (QED) is 0.210. The zero-order valence-corrected chi connectivity index (χ0v) is 14.4. The molecule has 0 amide bonds. The summed E-state index contributed by atoms with van der Waals surface area (Å²) in [4.78, 5) is 29.4. The summed E-state index contributed by atoms with van der Waals surface area (Å²) in [5.41, 5.74) is 0. The summed E-state index contributed by atoms with van der Waals surface area (Å²) in [5, 5.41) is 0.601. The molecule has 0 saturated carbocycles. The first-order valence-corrected chi connectivity index (χ1v) is 8.54. The highest BCUT2D eigenvalue weighted by molar-refractivity contribution is 4.33. The summed E-state index contributed by atoms with van der Waals surface area (Å²) in [6.07, 6.45) is 9.27. The minimum absolute atomic E-state index is 0.447. The summed E-state index contributed by atoms with van der Waals surface area (Å²) >= 11 is 0. The third-order valence-corrected chi connectivity index (χ3v) is 2.83. The molecule has 0 fully saturated rings. The van der Waals surface area contributed by atoms with Gasteiger partial charge in [-0.2, -0.15) is 0 Å². The van der Waals surface area contributed by atoms with Gasteiger partial charge in [0, 0.05) is 0 Å². The van der Waals surface area contributed by atoms with Gasteiger partial charge in [-0.1, -0.05) is 74.3 Å². The van der Waals surface area contributed by atoms with E-state index in [9.17, 15) is 0 Å². The van der Waals surface area contributed by atoms with Crippen LogP contribution in [-0.2, 0) is 29.6 Å². The zero-order chi connectivity index (χ0) is 16.3. The first kappa shape index (κ1) is 21.7. The van der Waals surface area contributed by atoms with Crippen LogP contribution in [0.3, 0.4) is 0 Å². The molecule has 0 spiro atoms. The number of hydrogen-bond donors (Lipinski definition) is 0. The third-order valence-electron chi connectivity index (χ3n) is 2.83. The van der Waals surface area contributed by atoms with Crippen LogP contribution < -0.4 is 0 Å². The van der Waals surface area contributed by atoms with E-state index in [-0.39, 0.29) is 0 Å². The summed E-state index contributed by atoms with van der Waals surface area (Å²) in [7, 11) is 0. The van der Waals surface area contributed by atoms with E-state index in [0.717, 1.165) is 57.8 Å². The lowest BCUT2D eigenvalue weighted by molar-refractivity contribution is -0.740. The second-order valence-electron chi connectivity index (χ2n) is 5.03. The number of hydrogen-bond acceptors (Lipinski definition) is 7. The molecule has 0 N–H and O–H groups in total. The van der Waals surface area contributed by atoms with Crippen molar-refractivity contribution < 1.29 is 29.6 Å². The fourth-order valence-electron chi connectivity index (χ4n) is 1.51. The first-order chi connectivity index (χ1) is 10.8. The maximum absolute atomic E-state index is 4.97. The van der Waals surface area contributed by atoms with Crippen LogP contribution in [0.25, 0.3) is 0 Å². The Morgan fingerprint density at radius 2 is 0.818 bits per heavy atom. The van der Waals surface area contributed by atoms with E-state index in [0.29, 0.717) is 25.2 Å². The molecule has 0 unspecified atom stereocenters. The van der Waals surface area contributed by atoms with Gasteiger partial charge in [-0.05, 0) is 19.3 Å². The molecular weight excluding hydrogens is 290 g/mol. The molecule has 0 aromatic heterocycles. The largest absolute Gasteiger partial charge is 0.214 e. The fourth-order valence-corrected chi connectivity index (χ4v) is 1.51. The second kappa shape index (κ2) is 18.8. The molecule has 22 heavy (non-hydrogen) atoms. The SMILES string of the molecule is CCCCCOON(OOCCCCC)OOCCCCC. The van der Waals surface area contributed by atoms with Crippen molar-refractivity contribution in [3.63, 3.8) is 0 Å². The molecule has 0 aliphatic carbocycles. The lowest BCUT2D eigenvalue weighted by Gasteiger charge is -2.15. The second-order valence-corrected chi connectivity index (χ2v) is 5.03. The Kier molecular flexibility index (Phi) is 18.5. The normalized spacial score (nSPS) is 11.5. The Hall–Kier alpha value is -0.280. The monoisotopic (exact) mass is 323 g/mol. The smallest absolute Gasteiger partial charge is 0.166 e. The van der Waals surface area contributed by atoms with Gasteiger partial charge in [0.15, 0.2) is 5.39 Å². The molecule has 7 nitrogen and oxygen atoms in total. The minimum Gasteiger partial charge on any atom is -0.214 e. The molecule has 0 radical (unpaired) electrons. The summed E-state index contributed by atoms with van der Waals surface area (Å²) in [5.74, 6) is 0. The summed E-state index contributed by atoms with van der Waals surface area (Å²) in [6, 6.07) is 0.